The minimum absolute atomic E-state index is 0.889. The van der Waals surface area contributed by atoms with Gasteiger partial charge in [-0.05, 0) is 28.2 Å². The fourth-order valence-electron chi connectivity index (χ4n) is 1.27. The van der Waals surface area contributed by atoms with E-state index in [0.717, 1.165) is 11.0 Å². The molecule has 0 aliphatic carbocycles. The standard InChI is InChI=1S/C9H7BrINS/c10-4-5-2-1-3-6-7(12)9(11)13-8(5)6/h1-3H,4,12H2. The predicted octanol–water partition coefficient (Wildman–Crippen LogP) is 3.98. The molecule has 2 rings (SSSR count). The van der Waals surface area contributed by atoms with Gasteiger partial charge in [-0.3, -0.25) is 0 Å². The Hall–Kier alpha value is 0.190. The Bertz CT molecular complexity index is 452. The number of hydrogen-bond donors (Lipinski definition) is 1. The number of rotatable bonds is 1. The molecule has 0 bridgehead atoms. The second-order valence-corrected chi connectivity index (χ2v) is 6.11. The van der Waals surface area contributed by atoms with Gasteiger partial charge in [0.2, 0.25) is 0 Å². The van der Waals surface area contributed by atoms with Crippen molar-refractivity contribution < 1.29 is 0 Å². The van der Waals surface area contributed by atoms with Gasteiger partial charge in [0.15, 0.2) is 0 Å². The number of alkyl halides is 1. The van der Waals surface area contributed by atoms with Crippen molar-refractivity contribution in [1.29, 1.82) is 0 Å². The summed E-state index contributed by atoms with van der Waals surface area (Å²) in [6, 6.07) is 6.26. The molecule has 2 aromatic rings. The van der Waals surface area contributed by atoms with E-state index in [1.165, 1.54) is 18.5 Å². The molecule has 0 radical (unpaired) electrons. The van der Waals surface area contributed by atoms with Crippen LogP contribution < -0.4 is 5.73 Å². The van der Waals surface area contributed by atoms with Crippen LogP contribution in [0.25, 0.3) is 10.1 Å². The Morgan fingerprint density at radius 3 is 2.92 bits per heavy atom. The molecule has 0 aliphatic heterocycles. The molecule has 0 unspecified atom stereocenters. The molecule has 68 valence electrons. The summed E-state index contributed by atoms with van der Waals surface area (Å²) in [7, 11) is 0. The molecule has 0 amide bonds. The summed E-state index contributed by atoms with van der Waals surface area (Å²) < 4.78 is 2.49. The summed E-state index contributed by atoms with van der Waals surface area (Å²) in [6.07, 6.45) is 0. The van der Waals surface area contributed by atoms with Crippen LogP contribution in [0.15, 0.2) is 18.2 Å². The minimum Gasteiger partial charge on any atom is -0.397 e. The van der Waals surface area contributed by atoms with Gasteiger partial charge in [0, 0.05) is 15.4 Å². The molecule has 0 saturated heterocycles. The number of halogens is 2. The Labute approximate surface area is 103 Å². The molecule has 2 N–H and O–H groups in total. The van der Waals surface area contributed by atoms with Gasteiger partial charge in [-0.25, -0.2) is 0 Å². The average molecular weight is 368 g/mol. The predicted molar refractivity (Wildman–Crippen MR) is 71.6 cm³/mol. The fourth-order valence-corrected chi connectivity index (χ4v) is 3.84. The summed E-state index contributed by atoms with van der Waals surface area (Å²) in [4.78, 5) is 0. The van der Waals surface area contributed by atoms with E-state index >= 15 is 0 Å². The molecule has 1 nitrogen and oxygen atoms in total. The highest BCUT2D eigenvalue weighted by atomic mass is 127. The van der Waals surface area contributed by atoms with Crippen LogP contribution in [0.5, 0.6) is 0 Å². The first-order valence-electron chi connectivity index (χ1n) is 3.75. The van der Waals surface area contributed by atoms with Crippen LogP contribution in [0.3, 0.4) is 0 Å². The molecule has 0 saturated carbocycles. The largest absolute Gasteiger partial charge is 0.397 e. The maximum Gasteiger partial charge on any atom is 0.0895 e. The number of hydrogen-bond acceptors (Lipinski definition) is 2. The lowest BCUT2D eigenvalue weighted by Crippen LogP contribution is -1.83. The van der Waals surface area contributed by atoms with E-state index in [2.05, 4.69) is 56.7 Å². The van der Waals surface area contributed by atoms with Crippen LogP contribution in [0, 0.1) is 2.88 Å². The molecule has 0 fully saturated rings. The fraction of sp³-hybridized carbons (Fsp3) is 0.111. The number of nitrogens with two attached hydrogens (primary N) is 1. The van der Waals surface area contributed by atoms with Gasteiger partial charge in [0.1, 0.15) is 0 Å². The van der Waals surface area contributed by atoms with E-state index in [1.807, 2.05) is 0 Å². The van der Waals surface area contributed by atoms with E-state index in [-0.39, 0.29) is 0 Å². The van der Waals surface area contributed by atoms with Crippen molar-refractivity contribution in [2.24, 2.45) is 0 Å². The lowest BCUT2D eigenvalue weighted by molar-refractivity contribution is 1.51. The van der Waals surface area contributed by atoms with Crippen LogP contribution in [-0.2, 0) is 5.33 Å². The van der Waals surface area contributed by atoms with Crippen molar-refractivity contribution in [3.63, 3.8) is 0 Å². The average Bonchev–Trinajstić information content (AvgIpc) is 2.43. The van der Waals surface area contributed by atoms with Crippen LogP contribution in [0.2, 0.25) is 0 Å². The third-order valence-electron chi connectivity index (χ3n) is 1.93. The van der Waals surface area contributed by atoms with Gasteiger partial charge in [0.25, 0.3) is 0 Å². The third kappa shape index (κ3) is 1.59. The van der Waals surface area contributed by atoms with Gasteiger partial charge in [-0.15, -0.1) is 11.3 Å². The molecule has 1 aromatic carbocycles. The van der Waals surface area contributed by atoms with Gasteiger partial charge >= 0.3 is 0 Å². The summed E-state index contributed by atoms with van der Waals surface area (Å²) in [5.74, 6) is 0. The Kier molecular flexibility index (Phi) is 2.80. The second kappa shape index (κ2) is 3.74. The van der Waals surface area contributed by atoms with E-state index in [0.29, 0.717) is 0 Å². The Morgan fingerprint density at radius 2 is 2.23 bits per heavy atom. The number of fused-ring (bicyclic) bond motifs is 1. The third-order valence-corrected chi connectivity index (χ3v) is 4.87. The normalized spacial score (nSPS) is 10.9. The first kappa shape index (κ1) is 9.73. The quantitative estimate of drug-likeness (QED) is 0.598. The van der Waals surface area contributed by atoms with Crippen molar-refractivity contribution in [2.45, 2.75) is 5.33 Å². The van der Waals surface area contributed by atoms with E-state index in [4.69, 9.17) is 5.73 Å². The van der Waals surface area contributed by atoms with Crippen molar-refractivity contribution in [3.8, 4) is 0 Å². The number of nitrogen functional groups attached to an aromatic ring is 1. The van der Waals surface area contributed by atoms with Crippen molar-refractivity contribution in [1.82, 2.24) is 0 Å². The second-order valence-electron chi connectivity index (χ2n) is 2.72. The summed E-state index contributed by atoms with van der Waals surface area (Å²) in [5, 5.41) is 2.08. The monoisotopic (exact) mass is 367 g/mol. The van der Waals surface area contributed by atoms with E-state index in [1.54, 1.807) is 11.3 Å². The number of benzene rings is 1. The van der Waals surface area contributed by atoms with Gasteiger partial charge < -0.3 is 5.73 Å². The van der Waals surface area contributed by atoms with Crippen LogP contribution in [0.1, 0.15) is 5.56 Å². The van der Waals surface area contributed by atoms with Crippen LogP contribution >= 0.6 is 49.9 Å². The molecule has 1 heterocycles. The van der Waals surface area contributed by atoms with Crippen molar-refractivity contribution >= 4 is 65.6 Å². The zero-order chi connectivity index (χ0) is 9.42. The van der Waals surface area contributed by atoms with Crippen LogP contribution in [-0.4, -0.2) is 0 Å². The van der Waals surface area contributed by atoms with Gasteiger partial charge in [-0.1, -0.05) is 34.1 Å². The van der Waals surface area contributed by atoms with Gasteiger partial charge in [-0.2, -0.15) is 0 Å². The SMILES string of the molecule is Nc1c(I)sc2c(CBr)cccc12. The molecule has 0 spiro atoms. The zero-order valence-corrected chi connectivity index (χ0v) is 11.2. The Morgan fingerprint density at radius 1 is 1.46 bits per heavy atom. The Balaban J connectivity index is 2.84. The minimum atomic E-state index is 0.889. The highest BCUT2D eigenvalue weighted by Gasteiger charge is 2.08. The number of thiophene rings is 1. The first-order valence-corrected chi connectivity index (χ1v) is 6.77. The van der Waals surface area contributed by atoms with Crippen molar-refractivity contribution in [2.75, 3.05) is 5.73 Å². The lowest BCUT2D eigenvalue weighted by Gasteiger charge is -1.96. The molecule has 0 atom stereocenters. The highest BCUT2D eigenvalue weighted by Crippen LogP contribution is 2.36. The number of anilines is 1. The smallest absolute Gasteiger partial charge is 0.0895 e. The molecule has 13 heavy (non-hydrogen) atoms. The van der Waals surface area contributed by atoms with Crippen molar-refractivity contribution in [3.05, 3.63) is 26.6 Å². The van der Waals surface area contributed by atoms with E-state index in [9.17, 15) is 0 Å². The molecule has 0 aliphatic rings. The summed E-state index contributed by atoms with van der Waals surface area (Å²) in [5.41, 5.74) is 8.19. The molecular formula is C9H7BrINS. The molecular weight excluding hydrogens is 361 g/mol. The molecule has 1 aromatic heterocycles. The maximum absolute atomic E-state index is 5.95. The highest BCUT2D eigenvalue weighted by molar-refractivity contribution is 14.1. The maximum atomic E-state index is 5.95. The summed E-state index contributed by atoms with van der Waals surface area (Å²) in [6.45, 7) is 0. The zero-order valence-electron chi connectivity index (χ0n) is 6.68. The van der Waals surface area contributed by atoms with Crippen LogP contribution in [0.4, 0.5) is 5.69 Å². The van der Waals surface area contributed by atoms with E-state index < -0.39 is 0 Å². The first-order chi connectivity index (χ1) is 6.24. The topological polar surface area (TPSA) is 26.0 Å². The molecule has 4 heteroatoms. The van der Waals surface area contributed by atoms with Gasteiger partial charge in [0.05, 0.1) is 8.57 Å². The summed E-state index contributed by atoms with van der Waals surface area (Å²) >= 11 is 7.53. The lowest BCUT2D eigenvalue weighted by atomic mass is 10.2.